The van der Waals surface area contributed by atoms with Crippen LogP contribution in [0.15, 0.2) is 59.9 Å². The van der Waals surface area contributed by atoms with Crippen molar-refractivity contribution in [3.05, 3.63) is 76.6 Å². The molecule has 1 aliphatic heterocycles. The van der Waals surface area contributed by atoms with Gasteiger partial charge in [0.25, 0.3) is 5.91 Å². The Morgan fingerprint density at radius 3 is 2.31 bits per heavy atom. The summed E-state index contributed by atoms with van der Waals surface area (Å²) in [6.45, 7) is 7.46. The van der Waals surface area contributed by atoms with Crippen LogP contribution in [0.3, 0.4) is 0 Å². The zero-order chi connectivity index (χ0) is 19.0. The number of aryl methyl sites for hydroxylation is 2. The molecule has 0 saturated heterocycles. The van der Waals surface area contributed by atoms with Crippen LogP contribution in [-0.2, 0) is 9.59 Å². The quantitative estimate of drug-likeness (QED) is 0.888. The number of hydrogen-bond donors (Lipinski definition) is 1. The number of aliphatic hydroxyl groups is 1. The summed E-state index contributed by atoms with van der Waals surface area (Å²) in [7, 11) is 0. The Bertz CT molecular complexity index is 897. The number of hydrogen-bond acceptors (Lipinski definition) is 3. The Morgan fingerprint density at radius 2 is 1.73 bits per heavy atom. The number of carbonyl (C=O) groups excluding carboxylic acids is 2. The summed E-state index contributed by atoms with van der Waals surface area (Å²) in [6, 6.07) is 14.5. The molecule has 0 bridgehead atoms. The van der Waals surface area contributed by atoms with Gasteiger partial charge in [-0.15, -0.1) is 0 Å². The second-order valence-electron chi connectivity index (χ2n) is 7.06. The maximum atomic E-state index is 12.9. The smallest absolute Gasteiger partial charge is 0.294 e. The van der Waals surface area contributed by atoms with E-state index in [0.29, 0.717) is 5.69 Å². The Balaban J connectivity index is 2.21. The normalized spacial score (nSPS) is 17.3. The van der Waals surface area contributed by atoms with Gasteiger partial charge in [0.05, 0.1) is 11.6 Å². The molecule has 0 saturated carbocycles. The Hall–Kier alpha value is -2.88. The van der Waals surface area contributed by atoms with Gasteiger partial charge < -0.3 is 5.11 Å². The van der Waals surface area contributed by atoms with Crippen LogP contribution in [0.1, 0.15) is 36.6 Å². The van der Waals surface area contributed by atoms with Gasteiger partial charge in [0.15, 0.2) is 11.5 Å². The van der Waals surface area contributed by atoms with Crippen LogP contribution in [0.2, 0.25) is 0 Å². The molecule has 1 N–H and O–H groups in total. The average molecular weight is 349 g/mol. The number of ketones is 1. The monoisotopic (exact) mass is 349 g/mol. The molecule has 1 unspecified atom stereocenters. The number of amides is 1. The van der Waals surface area contributed by atoms with E-state index in [1.165, 1.54) is 4.90 Å². The molecule has 1 amide bonds. The highest BCUT2D eigenvalue weighted by atomic mass is 16.3. The topological polar surface area (TPSA) is 57.6 Å². The third-order valence-electron chi connectivity index (χ3n) is 4.73. The van der Waals surface area contributed by atoms with Crippen LogP contribution in [0, 0.1) is 19.8 Å². The lowest BCUT2D eigenvalue weighted by atomic mass is 9.91. The number of rotatable bonds is 4. The molecule has 1 heterocycles. The van der Waals surface area contributed by atoms with Crippen molar-refractivity contribution in [2.45, 2.75) is 33.7 Å². The van der Waals surface area contributed by atoms with Crippen LogP contribution in [0.5, 0.6) is 0 Å². The van der Waals surface area contributed by atoms with Gasteiger partial charge >= 0.3 is 0 Å². The minimum atomic E-state index is -0.625. The van der Waals surface area contributed by atoms with E-state index in [-0.39, 0.29) is 17.3 Å². The Morgan fingerprint density at radius 1 is 1.08 bits per heavy atom. The molecule has 1 aliphatic rings. The summed E-state index contributed by atoms with van der Waals surface area (Å²) in [5, 5.41) is 10.6. The highest BCUT2D eigenvalue weighted by Gasteiger charge is 2.45. The predicted molar refractivity (Wildman–Crippen MR) is 102 cm³/mol. The van der Waals surface area contributed by atoms with Gasteiger partial charge in [0.2, 0.25) is 0 Å². The molecule has 2 aromatic carbocycles. The zero-order valence-corrected chi connectivity index (χ0v) is 15.5. The number of anilines is 1. The minimum Gasteiger partial charge on any atom is -0.503 e. The van der Waals surface area contributed by atoms with Gasteiger partial charge in [0.1, 0.15) is 0 Å². The number of aliphatic hydroxyl groups excluding tert-OH is 1. The third-order valence-corrected chi connectivity index (χ3v) is 4.73. The molecule has 4 heteroatoms. The summed E-state index contributed by atoms with van der Waals surface area (Å²) in [6.07, 6.45) is 0. The number of carbonyl (C=O) groups is 2. The number of Topliss-reactive ketones (excluding diaryl/α,β-unsaturated/α-hetero) is 1. The van der Waals surface area contributed by atoms with Crippen LogP contribution in [0.4, 0.5) is 5.69 Å². The highest BCUT2D eigenvalue weighted by Crippen LogP contribution is 2.42. The predicted octanol–water partition coefficient (Wildman–Crippen LogP) is 4.43. The van der Waals surface area contributed by atoms with E-state index in [1.54, 1.807) is 13.8 Å². The van der Waals surface area contributed by atoms with Crippen molar-refractivity contribution in [2.24, 2.45) is 5.92 Å². The van der Waals surface area contributed by atoms with Gasteiger partial charge in [-0.1, -0.05) is 61.9 Å². The van der Waals surface area contributed by atoms with Crippen molar-refractivity contribution in [1.29, 1.82) is 0 Å². The lowest BCUT2D eigenvalue weighted by molar-refractivity contribution is -0.119. The maximum Gasteiger partial charge on any atom is 0.294 e. The summed E-state index contributed by atoms with van der Waals surface area (Å²) < 4.78 is 0. The van der Waals surface area contributed by atoms with Crippen molar-refractivity contribution in [3.8, 4) is 0 Å². The van der Waals surface area contributed by atoms with Crippen molar-refractivity contribution in [2.75, 3.05) is 4.90 Å². The number of benzene rings is 2. The van der Waals surface area contributed by atoms with Crippen molar-refractivity contribution in [1.82, 2.24) is 0 Å². The second-order valence-corrected chi connectivity index (χ2v) is 7.06. The van der Waals surface area contributed by atoms with Gasteiger partial charge in [0, 0.05) is 11.6 Å². The third kappa shape index (κ3) is 2.92. The molecular weight excluding hydrogens is 326 g/mol. The molecule has 0 fully saturated rings. The zero-order valence-electron chi connectivity index (χ0n) is 15.5. The Labute approximate surface area is 153 Å². The van der Waals surface area contributed by atoms with Crippen molar-refractivity contribution in [3.63, 3.8) is 0 Å². The number of nitrogens with zero attached hydrogens (tertiary/aromatic N) is 1. The molecule has 1 atom stereocenters. The first-order valence-corrected chi connectivity index (χ1v) is 8.76. The second kappa shape index (κ2) is 6.79. The first kappa shape index (κ1) is 17.9. The van der Waals surface area contributed by atoms with Gasteiger partial charge in [-0.3, -0.25) is 14.5 Å². The molecular formula is C22H23NO3. The molecule has 0 spiro atoms. The first-order chi connectivity index (χ1) is 12.3. The molecule has 0 aliphatic carbocycles. The van der Waals surface area contributed by atoms with Gasteiger partial charge in [-0.2, -0.15) is 0 Å². The fraction of sp³-hybridized carbons (Fsp3) is 0.273. The van der Waals surface area contributed by atoms with Crippen molar-refractivity contribution >= 4 is 17.4 Å². The molecule has 0 radical (unpaired) electrons. The first-order valence-electron chi connectivity index (χ1n) is 8.76. The van der Waals surface area contributed by atoms with E-state index in [9.17, 15) is 14.7 Å². The van der Waals surface area contributed by atoms with Crippen LogP contribution in [0.25, 0.3) is 0 Å². The van der Waals surface area contributed by atoms with Crippen LogP contribution >= 0.6 is 0 Å². The Kier molecular flexibility index (Phi) is 4.68. The molecule has 3 rings (SSSR count). The van der Waals surface area contributed by atoms with E-state index in [1.807, 2.05) is 62.4 Å². The fourth-order valence-corrected chi connectivity index (χ4v) is 3.44. The largest absolute Gasteiger partial charge is 0.503 e. The van der Waals surface area contributed by atoms with E-state index in [0.717, 1.165) is 16.7 Å². The lowest BCUT2D eigenvalue weighted by Gasteiger charge is -2.28. The van der Waals surface area contributed by atoms with Crippen LogP contribution < -0.4 is 4.90 Å². The summed E-state index contributed by atoms with van der Waals surface area (Å²) in [5.41, 5.74) is 3.69. The van der Waals surface area contributed by atoms with E-state index >= 15 is 0 Å². The van der Waals surface area contributed by atoms with Gasteiger partial charge in [-0.05, 0) is 31.0 Å². The molecule has 0 aromatic heterocycles. The van der Waals surface area contributed by atoms with Gasteiger partial charge in [-0.25, -0.2) is 0 Å². The molecule has 4 nitrogen and oxygen atoms in total. The SMILES string of the molecule is Cc1ccc(N2C(=O)C(O)=C(C(=O)C(C)C)C2c2ccccc2)c(C)c1. The highest BCUT2D eigenvalue weighted by molar-refractivity contribution is 6.17. The molecule has 134 valence electrons. The minimum absolute atomic E-state index is 0.177. The summed E-state index contributed by atoms with van der Waals surface area (Å²) in [4.78, 5) is 27.3. The summed E-state index contributed by atoms with van der Waals surface area (Å²) >= 11 is 0. The van der Waals surface area contributed by atoms with Crippen LogP contribution in [-0.4, -0.2) is 16.8 Å². The lowest BCUT2D eigenvalue weighted by Crippen LogP contribution is -2.32. The maximum absolute atomic E-state index is 12.9. The average Bonchev–Trinajstić information content (AvgIpc) is 2.87. The molecule has 26 heavy (non-hydrogen) atoms. The fourth-order valence-electron chi connectivity index (χ4n) is 3.44. The van der Waals surface area contributed by atoms with E-state index < -0.39 is 17.7 Å². The van der Waals surface area contributed by atoms with Crippen molar-refractivity contribution < 1.29 is 14.7 Å². The van der Waals surface area contributed by atoms with E-state index in [4.69, 9.17) is 0 Å². The molecule has 2 aromatic rings. The van der Waals surface area contributed by atoms with E-state index in [2.05, 4.69) is 0 Å². The standard InChI is InChI=1S/C22H23NO3/c1-13(2)20(24)18-19(16-8-6-5-7-9-16)23(22(26)21(18)25)17-11-10-14(3)12-15(17)4/h5-13,19,25H,1-4H3. The summed E-state index contributed by atoms with van der Waals surface area (Å²) in [5.74, 6) is -1.51.